The Bertz CT molecular complexity index is 888. The molecule has 0 saturated carbocycles. The number of nitrogens with one attached hydrogen (secondary N) is 2. The van der Waals surface area contributed by atoms with Crippen molar-refractivity contribution in [1.82, 2.24) is 15.8 Å². The van der Waals surface area contributed by atoms with E-state index in [1.807, 2.05) is 36.5 Å². The van der Waals surface area contributed by atoms with E-state index in [-0.39, 0.29) is 11.9 Å². The van der Waals surface area contributed by atoms with E-state index in [1.165, 1.54) is 24.0 Å². The minimum Gasteiger partial charge on any atom is -0.291 e. The molecule has 1 aromatic heterocycles. The highest BCUT2D eigenvalue weighted by Crippen LogP contribution is 2.34. The molecule has 2 unspecified atom stereocenters. The van der Waals surface area contributed by atoms with Crippen molar-refractivity contribution >= 4 is 5.91 Å². The Kier molecular flexibility index (Phi) is 6.32. The fourth-order valence-electron chi connectivity index (χ4n) is 4.23. The largest absolute Gasteiger partial charge is 0.291 e. The van der Waals surface area contributed by atoms with Gasteiger partial charge in [-0.2, -0.15) is 0 Å². The van der Waals surface area contributed by atoms with Crippen LogP contribution in [0.3, 0.4) is 0 Å². The third-order valence-corrected chi connectivity index (χ3v) is 5.72. The van der Waals surface area contributed by atoms with E-state index in [1.54, 1.807) is 6.20 Å². The molecule has 0 bridgehead atoms. The predicted molar refractivity (Wildman–Crippen MR) is 115 cm³/mol. The number of hydrogen-bond donors (Lipinski definition) is 2. The molecule has 148 valence electrons. The zero-order chi connectivity index (χ0) is 19.9. The van der Waals surface area contributed by atoms with Gasteiger partial charge in [0.25, 0.3) is 0 Å². The number of hydrazine groups is 1. The Labute approximate surface area is 172 Å². The van der Waals surface area contributed by atoms with Crippen LogP contribution in [0.15, 0.2) is 79.1 Å². The maximum Gasteiger partial charge on any atom is 0.234 e. The first-order chi connectivity index (χ1) is 14.3. The molecule has 1 aliphatic carbocycles. The van der Waals surface area contributed by atoms with Gasteiger partial charge in [0.2, 0.25) is 5.91 Å². The summed E-state index contributed by atoms with van der Waals surface area (Å²) in [6.07, 6.45) is 8.51. The van der Waals surface area contributed by atoms with E-state index in [2.05, 4.69) is 52.2 Å². The number of benzene rings is 2. The lowest BCUT2D eigenvalue weighted by Crippen LogP contribution is -2.40. The van der Waals surface area contributed by atoms with Crippen molar-refractivity contribution in [3.8, 4) is 0 Å². The molecule has 4 heteroatoms. The second-order valence-corrected chi connectivity index (χ2v) is 7.65. The quantitative estimate of drug-likeness (QED) is 0.580. The molecule has 1 aliphatic rings. The maximum atomic E-state index is 12.6. The molecule has 0 aliphatic heterocycles. The Morgan fingerprint density at radius 1 is 1.00 bits per heavy atom. The Balaban J connectivity index is 1.37. The topological polar surface area (TPSA) is 54.0 Å². The van der Waals surface area contributed by atoms with Gasteiger partial charge in [-0.05, 0) is 59.9 Å². The summed E-state index contributed by atoms with van der Waals surface area (Å²) in [6.45, 7) is 0. The van der Waals surface area contributed by atoms with Crippen LogP contribution in [0.25, 0.3) is 0 Å². The normalized spacial score (nSPS) is 16.6. The molecule has 0 fully saturated rings. The average Bonchev–Trinajstić information content (AvgIpc) is 2.79. The lowest BCUT2D eigenvalue weighted by atomic mass is 9.80. The molecule has 1 amide bonds. The molecule has 0 radical (unpaired) electrons. The summed E-state index contributed by atoms with van der Waals surface area (Å²) in [4.78, 5) is 16.8. The molecule has 2 aromatic carbocycles. The number of nitrogens with zero attached hydrogens (tertiary/aromatic N) is 1. The van der Waals surface area contributed by atoms with Gasteiger partial charge < -0.3 is 0 Å². The summed E-state index contributed by atoms with van der Waals surface area (Å²) in [5, 5.41) is 0. The molecule has 4 rings (SSSR count). The van der Waals surface area contributed by atoms with Crippen LogP contribution in [0.5, 0.6) is 0 Å². The van der Waals surface area contributed by atoms with Gasteiger partial charge in [-0.3, -0.25) is 15.2 Å². The third kappa shape index (κ3) is 4.90. The highest BCUT2D eigenvalue weighted by Gasteiger charge is 2.21. The number of amides is 1. The minimum absolute atomic E-state index is 0.0258. The van der Waals surface area contributed by atoms with Gasteiger partial charge >= 0.3 is 0 Å². The van der Waals surface area contributed by atoms with Gasteiger partial charge in [0, 0.05) is 18.8 Å². The van der Waals surface area contributed by atoms with E-state index in [0.29, 0.717) is 12.3 Å². The molecular weight excluding hydrogens is 358 g/mol. The van der Waals surface area contributed by atoms with Crippen LogP contribution in [0.1, 0.15) is 59.9 Å². The van der Waals surface area contributed by atoms with Crippen molar-refractivity contribution < 1.29 is 4.79 Å². The van der Waals surface area contributed by atoms with Gasteiger partial charge in [-0.25, -0.2) is 5.43 Å². The minimum atomic E-state index is -0.135. The van der Waals surface area contributed by atoms with Crippen LogP contribution in [0, 0.1) is 0 Å². The number of carbonyl (C=O) groups is 1. The van der Waals surface area contributed by atoms with Crippen LogP contribution < -0.4 is 10.9 Å². The SMILES string of the molecule is O=C(CCC1CCCc2ccccc21)NNC(c1ccccc1)c1cccnc1. The van der Waals surface area contributed by atoms with Gasteiger partial charge in [0.05, 0.1) is 6.04 Å². The van der Waals surface area contributed by atoms with Crippen LogP contribution >= 0.6 is 0 Å². The second-order valence-electron chi connectivity index (χ2n) is 7.65. The van der Waals surface area contributed by atoms with Crippen molar-refractivity contribution in [2.24, 2.45) is 0 Å². The lowest BCUT2D eigenvalue weighted by molar-refractivity contribution is -0.122. The first kappa shape index (κ1) is 19.3. The summed E-state index contributed by atoms with van der Waals surface area (Å²) in [6, 6.07) is 22.6. The van der Waals surface area contributed by atoms with Crippen molar-refractivity contribution in [1.29, 1.82) is 0 Å². The fourth-order valence-corrected chi connectivity index (χ4v) is 4.23. The number of fused-ring (bicyclic) bond motifs is 1. The van der Waals surface area contributed by atoms with Crippen molar-refractivity contribution in [2.45, 2.75) is 44.1 Å². The van der Waals surface area contributed by atoms with Crippen molar-refractivity contribution in [3.63, 3.8) is 0 Å². The van der Waals surface area contributed by atoms with Crippen LogP contribution in [-0.4, -0.2) is 10.9 Å². The maximum absolute atomic E-state index is 12.6. The fraction of sp³-hybridized carbons (Fsp3) is 0.280. The van der Waals surface area contributed by atoms with Crippen LogP contribution in [0.2, 0.25) is 0 Å². The zero-order valence-electron chi connectivity index (χ0n) is 16.6. The smallest absolute Gasteiger partial charge is 0.234 e. The number of carbonyl (C=O) groups excluding carboxylic acids is 1. The average molecular weight is 386 g/mol. The zero-order valence-corrected chi connectivity index (χ0v) is 16.6. The second kappa shape index (κ2) is 9.48. The van der Waals surface area contributed by atoms with E-state index in [9.17, 15) is 4.79 Å². The third-order valence-electron chi connectivity index (χ3n) is 5.72. The van der Waals surface area contributed by atoms with Gasteiger partial charge in [-0.1, -0.05) is 60.7 Å². The molecule has 29 heavy (non-hydrogen) atoms. The highest BCUT2D eigenvalue weighted by molar-refractivity contribution is 5.75. The molecular formula is C25H27N3O. The van der Waals surface area contributed by atoms with E-state index in [4.69, 9.17) is 0 Å². The van der Waals surface area contributed by atoms with E-state index < -0.39 is 0 Å². The molecule has 2 atom stereocenters. The summed E-state index contributed by atoms with van der Waals surface area (Å²) in [7, 11) is 0. The Hall–Kier alpha value is -2.98. The highest BCUT2D eigenvalue weighted by atomic mass is 16.2. The lowest BCUT2D eigenvalue weighted by Gasteiger charge is -2.25. The molecule has 2 N–H and O–H groups in total. The molecule has 0 spiro atoms. The number of pyridine rings is 1. The number of aryl methyl sites for hydroxylation is 1. The molecule has 1 heterocycles. The monoisotopic (exact) mass is 385 g/mol. The van der Waals surface area contributed by atoms with E-state index in [0.717, 1.165) is 24.0 Å². The van der Waals surface area contributed by atoms with Gasteiger partial charge in [-0.15, -0.1) is 0 Å². The van der Waals surface area contributed by atoms with Crippen LogP contribution in [0.4, 0.5) is 0 Å². The molecule has 4 nitrogen and oxygen atoms in total. The van der Waals surface area contributed by atoms with E-state index >= 15 is 0 Å². The van der Waals surface area contributed by atoms with Crippen molar-refractivity contribution in [3.05, 3.63) is 101 Å². The molecule has 0 saturated heterocycles. The summed E-state index contributed by atoms with van der Waals surface area (Å²) in [5.74, 6) is 0.506. The predicted octanol–water partition coefficient (Wildman–Crippen LogP) is 4.69. The number of aromatic nitrogens is 1. The van der Waals surface area contributed by atoms with Gasteiger partial charge in [0.1, 0.15) is 0 Å². The molecule has 3 aromatic rings. The summed E-state index contributed by atoms with van der Waals surface area (Å²) < 4.78 is 0. The van der Waals surface area contributed by atoms with Gasteiger partial charge in [0.15, 0.2) is 0 Å². The Morgan fingerprint density at radius 3 is 2.62 bits per heavy atom. The first-order valence-electron chi connectivity index (χ1n) is 10.4. The summed E-state index contributed by atoms with van der Waals surface area (Å²) in [5.41, 5.74) is 11.1. The standard InChI is InChI=1S/C25H27N3O/c29-24(16-15-20-12-6-11-19-8-4-5-14-23(19)20)27-28-25(21-9-2-1-3-10-21)22-13-7-17-26-18-22/h1-5,7-10,13-14,17-18,20,25,28H,6,11-12,15-16H2,(H,27,29). The van der Waals surface area contributed by atoms with Crippen LogP contribution in [-0.2, 0) is 11.2 Å². The van der Waals surface area contributed by atoms with Crippen molar-refractivity contribution in [2.75, 3.05) is 0 Å². The Morgan fingerprint density at radius 2 is 1.79 bits per heavy atom. The first-order valence-corrected chi connectivity index (χ1v) is 10.4. The number of rotatable bonds is 7. The summed E-state index contributed by atoms with van der Waals surface area (Å²) >= 11 is 0. The number of hydrogen-bond acceptors (Lipinski definition) is 3.